The molecule has 31 heavy (non-hydrogen) atoms. The molecule has 0 spiro atoms. The van der Waals surface area contributed by atoms with Crippen molar-refractivity contribution >= 4 is 23.8 Å². The lowest BCUT2D eigenvalue weighted by molar-refractivity contribution is -0.128. The van der Waals surface area contributed by atoms with Gasteiger partial charge in [-0.1, -0.05) is 67.6 Å². The highest BCUT2D eigenvalue weighted by atomic mass is 16.2. The Labute approximate surface area is 180 Å². The topological polar surface area (TPSA) is 54.5 Å². The highest BCUT2D eigenvalue weighted by molar-refractivity contribution is 6.24. The second kappa shape index (κ2) is 6.24. The van der Waals surface area contributed by atoms with Crippen LogP contribution in [0.2, 0.25) is 0 Å². The summed E-state index contributed by atoms with van der Waals surface area (Å²) in [7, 11) is 0. The quantitative estimate of drug-likeness (QED) is 0.487. The van der Waals surface area contributed by atoms with E-state index in [0.29, 0.717) is 5.69 Å². The molecule has 4 nitrogen and oxygen atoms in total. The SMILES string of the molecule is CCc1ccc(N2C(=O)[C@@H]3C4c5ccccc5C(C=O)(c5ccccc54)[C@@H]3C2=O)cc1. The number of imide groups is 1. The Kier molecular flexibility index (Phi) is 3.67. The minimum absolute atomic E-state index is 0.209. The van der Waals surface area contributed by atoms with Gasteiger partial charge in [-0.25, -0.2) is 4.90 Å². The predicted molar refractivity (Wildman–Crippen MR) is 117 cm³/mol. The van der Waals surface area contributed by atoms with Crippen LogP contribution in [0.15, 0.2) is 72.8 Å². The number of benzene rings is 3. The Bertz CT molecular complexity index is 1210. The van der Waals surface area contributed by atoms with E-state index in [9.17, 15) is 14.4 Å². The van der Waals surface area contributed by atoms with E-state index < -0.39 is 17.3 Å². The molecule has 1 heterocycles. The summed E-state index contributed by atoms with van der Waals surface area (Å²) in [5.41, 5.74) is 4.27. The van der Waals surface area contributed by atoms with Crippen LogP contribution < -0.4 is 4.90 Å². The number of carbonyl (C=O) groups is 3. The Morgan fingerprint density at radius 1 is 0.839 bits per heavy atom. The molecule has 2 bridgehead atoms. The minimum atomic E-state index is -1.14. The summed E-state index contributed by atoms with van der Waals surface area (Å²) in [5.74, 6) is -2.01. The van der Waals surface area contributed by atoms with Crippen molar-refractivity contribution in [3.05, 3.63) is 101 Å². The number of amides is 2. The molecule has 0 unspecified atom stereocenters. The first kappa shape index (κ1) is 18.3. The van der Waals surface area contributed by atoms with E-state index in [0.717, 1.165) is 40.5 Å². The Morgan fingerprint density at radius 3 is 1.97 bits per heavy atom. The second-order valence-electron chi connectivity index (χ2n) is 8.67. The summed E-state index contributed by atoms with van der Waals surface area (Å²) in [6.45, 7) is 2.07. The molecule has 4 heteroatoms. The highest BCUT2D eigenvalue weighted by Crippen LogP contribution is 2.63. The molecular formula is C27H21NO3. The monoisotopic (exact) mass is 407 g/mol. The van der Waals surface area contributed by atoms with Crippen molar-refractivity contribution in [2.45, 2.75) is 24.7 Å². The molecule has 3 aromatic rings. The number of hydrogen-bond donors (Lipinski definition) is 0. The van der Waals surface area contributed by atoms with Crippen molar-refractivity contribution < 1.29 is 14.4 Å². The molecule has 0 saturated carbocycles. The van der Waals surface area contributed by atoms with Crippen LogP contribution in [0.25, 0.3) is 0 Å². The summed E-state index contributed by atoms with van der Waals surface area (Å²) < 4.78 is 0. The number of nitrogens with zero attached hydrogens (tertiary/aromatic N) is 1. The molecule has 0 aromatic heterocycles. The third-order valence-electron chi connectivity index (χ3n) is 7.47. The molecule has 7 rings (SSSR count). The van der Waals surface area contributed by atoms with Crippen molar-refractivity contribution in [3.63, 3.8) is 0 Å². The fourth-order valence-corrected chi connectivity index (χ4v) is 6.17. The van der Waals surface area contributed by atoms with Crippen LogP contribution in [0.3, 0.4) is 0 Å². The largest absolute Gasteiger partial charge is 0.302 e. The number of aldehydes is 1. The normalized spacial score (nSPS) is 27.6. The highest BCUT2D eigenvalue weighted by Gasteiger charge is 2.68. The predicted octanol–water partition coefficient (Wildman–Crippen LogP) is 4.00. The van der Waals surface area contributed by atoms with Gasteiger partial charge in [-0.15, -0.1) is 0 Å². The van der Waals surface area contributed by atoms with E-state index in [1.165, 1.54) is 4.90 Å². The summed E-state index contributed by atoms with van der Waals surface area (Å²) in [5, 5.41) is 0. The maximum atomic E-state index is 13.8. The van der Waals surface area contributed by atoms with Gasteiger partial charge < -0.3 is 4.79 Å². The molecule has 0 N–H and O–H groups in total. The van der Waals surface area contributed by atoms with E-state index in [2.05, 4.69) is 6.92 Å². The molecule has 152 valence electrons. The standard InChI is InChI=1S/C27H21NO3/c1-2-16-11-13-17(14-12-16)28-25(30)23-22-18-7-3-5-9-20(18)27(15-29,24(23)26(28)31)21-10-6-4-8-19(21)22/h3-15,22-24H,2H2,1H3/t22?,23-,24+,27?/m1/s1. The van der Waals surface area contributed by atoms with E-state index in [-0.39, 0.29) is 17.7 Å². The lowest BCUT2D eigenvalue weighted by Gasteiger charge is -2.51. The molecule has 4 aliphatic rings. The smallest absolute Gasteiger partial charge is 0.239 e. The zero-order chi connectivity index (χ0) is 21.3. The number of carbonyl (C=O) groups excluding carboxylic acids is 3. The van der Waals surface area contributed by atoms with Gasteiger partial charge in [0.25, 0.3) is 0 Å². The van der Waals surface area contributed by atoms with Gasteiger partial charge in [0, 0.05) is 5.92 Å². The molecule has 2 atom stereocenters. The lowest BCUT2D eigenvalue weighted by atomic mass is 9.48. The van der Waals surface area contributed by atoms with Crippen molar-refractivity contribution in [1.82, 2.24) is 0 Å². The maximum absolute atomic E-state index is 13.8. The molecule has 3 aliphatic carbocycles. The van der Waals surface area contributed by atoms with Crippen molar-refractivity contribution in [3.8, 4) is 0 Å². The first-order valence-corrected chi connectivity index (χ1v) is 10.8. The molecular weight excluding hydrogens is 386 g/mol. The number of hydrogen-bond acceptors (Lipinski definition) is 3. The number of anilines is 1. The van der Waals surface area contributed by atoms with Gasteiger partial charge in [0.05, 0.1) is 22.9 Å². The number of rotatable bonds is 3. The maximum Gasteiger partial charge on any atom is 0.239 e. The molecule has 1 aliphatic heterocycles. The molecule has 1 fully saturated rings. The average molecular weight is 407 g/mol. The van der Waals surface area contributed by atoms with Crippen LogP contribution in [-0.4, -0.2) is 18.1 Å². The van der Waals surface area contributed by atoms with Gasteiger partial charge in [0.15, 0.2) is 0 Å². The van der Waals surface area contributed by atoms with Crippen LogP contribution in [0.5, 0.6) is 0 Å². The molecule has 0 radical (unpaired) electrons. The van der Waals surface area contributed by atoms with Gasteiger partial charge in [-0.2, -0.15) is 0 Å². The van der Waals surface area contributed by atoms with Gasteiger partial charge in [0.2, 0.25) is 11.8 Å². The summed E-state index contributed by atoms with van der Waals surface area (Å²) in [6, 6.07) is 23.2. The van der Waals surface area contributed by atoms with Crippen LogP contribution in [0.4, 0.5) is 5.69 Å². The van der Waals surface area contributed by atoms with Crippen LogP contribution >= 0.6 is 0 Å². The molecule has 3 aromatic carbocycles. The van der Waals surface area contributed by atoms with Crippen molar-refractivity contribution in [2.75, 3.05) is 4.90 Å². The zero-order valence-electron chi connectivity index (χ0n) is 17.1. The Morgan fingerprint density at radius 2 is 1.42 bits per heavy atom. The third-order valence-corrected chi connectivity index (χ3v) is 7.47. The fraction of sp³-hybridized carbons (Fsp3) is 0.222. The van der Waals surface area contributed by atoms with E-state index in [1.807, 2.05) is 72.8 Å². The van der Waals surface area contributed by atoms with E-state index >= 15 is 0 Å². The van der Waals surface area contributed by atoms with Gasteiger partial charge >= 0.3 is 0 Å². The van der Waals surface area contributed by atoms with Crippen LogP contribution in [0.1, 0.15) is 40.7 Å². The minimum Gasteiger partial charge on any atom is -0.302 e. The van der Waals surface area contributed by atoms with Crippen molar-refractivity contribution in [1.29, 1.82) is 0 Å². The average Bonchev–Trinajstić information content (AvgIpc) is 3.10. The lowest BCUT2D eigenvalue weighted by Crippen LogP contribution is -2.54. The Balaban J connectivity index is 1.60. The summed E-state index contributed by atoms with van der Waals surface area (Å²) >= 11 is 0. The van der Waals surface area contributed by atoms with Gasteiger partial charge in [-0.3, -0.25) is 9.59 Å². The van der Waals surface area contributed by atoms with Crippen LogP contribution in [-0.2, 0) is 26.2 Å². The Hall–Kier alpha value is -3.53. The first-order chi connectivity index (χ1) is 15.1. The van der Waals surface area contributed by atoms with Gasteiger partial charge in [-0.05, 0) is 46.4 Å². The third kappa shape index (κ3) is 2.07. The molecule has 1 saturated heterocycles. The molecule has 2 amide bonds. The van der Waals surface area contributed by atoms with Gasteiger partial charge in [0.1, 0.15) is 6.29 Å². The fourth-order valence-electron chi connectivity index (χ4n) is 6.17. The summed E-state index contributed by atoms with van der Waals surface area (Å²) in [6.07, 6.45) is 1.79. The van der Waals surface area contributed by atoms with Crippen LogP contribution in [0, 0.1) is 11.8 Å². The second-order valence-corrected chi connectivity index (χ2v) is 8.67. The number of aryl methyl sites for hydroxylation is 1. The van der Waals surface area contributed by atoms with E-state index in [1.54, 1.807) is 0 Å². The summed E-state index contributed by atoms with van der Waals surface area (Å²) in [4.78, 5) is 41.8. The van der Waals surface area contributed by atoms with Crippen molar-refractivity contribution in [2.24, 2.45) is 11.8 Å². The first-order valence-electron chi connectivity index (χ1n) is 10.8. The zero-order valence-corrected chi connectivity index (χ0v) is 17.1. The van der Waals surface area contributed by atoms with E-state index in [4.69, 9.17) is 0 Å².